The van der Waals surface area contributed by atoms with Crippen LogP contribution in [0.15, 0.2) is 0 Å². The molecule has 0 spiro atoms. The van der Waals surface area contributed by atoms with Crippen LogP contribution in [0.2, 0.25) is 0 Å². The fraction of sp³-hybridized carbons (Fsp3) is 0.909. The predicted molar refractivity (Wildman–Crippen MR) is 57.6 cm³/mol. The quantitative estimate of drug-likeness (QED) is 0.713. The third-order valence-electron chi connectivity index (χ3n) is 3.31. The summed E-state index contributed by atoms with van der Waals surface area (Å²) in [5.74, 6) is 0.129. The van der Waals surface area contributed by atoms with Crippen molar-refractivity contribution in [2.24, 2.45) is 0 Å². The van der Waals surface area contributed by atoms with Crippen LogP contribution in [-0.4, -0.2) is 37.2 Å². The fourth-order valence-electron chi connectivity index (χ4n) is 2.28. The van der Waals surface area contributed by atoms with Crippen LogP contribution in [0.5, 0.6) is 0 Å². The lowest BCUT2D eigenvalue weighted by Crippen LogP contribution is -2.46. The minimum absolute atomic E-state index is 0.0232. The Morgan fingerprint density at radius 1 is 1.60 bits per heavy atom. The van der Waals surface area contributed by atoms with Crippen molar-refractivity contribution in [3.05, 3.63) is 0 Å². The molecule has 0 bridgehead atoms. The largest absolute Gasteiger partial charge is 0.373 e. The highest BCUT2D eigenvalue weighted by atomic mass is 16.5. The molecular weight excluding hydrogens is 192 g/mol. The van der Waals surface area contributed by atoms with Crippen LogP contribution in [0.1, 0.15) is 32.6 Å². The summed E-state index contributed by atoms with van der Waals surface area (Å²) in [5.41, 5.74) is -0.131. The first-order valence-corrected chi connectivity index (χ1v) is 5.85. The highest BCUT2D eigenvalue weighted by Crippen LogP contribution is 2.23. The molecule has 0 aromatic heterocycles. The van der Waals surface area contributed by atoms with Gasteiger partial charge in [-0.1, -0.05) is 0 Å². The van der Waals surface area contributed by atoms with Gasteiger partial charge in [-0.25, -0.2) is 0 Å². The summed E-state index contributed by atoms with van der Waals surface area (Å²) in [4.78, 5) is 11.7. The zero-order valence-electron chi connectivity index (χ0n) is 9.34. The van der Waals surface area contributed by atoms with Gasteiger partial charge in [0.05, 0.1) is 11.6 Å². The van der Waals surface area contributed by atoms with E-state index in [0.29, 0.717) is 6.54 Å². The molecule has 1 unspecified atom stereocenters. The lowest BCUT2D eigenvalue weighted by molar-refractivity contribution is -0.124. The summed E-state index contributed by atoms with van der Waals surface area (Å²) < 4.78 is 5.62. The standard InChI is InChI=1S/C11H20N2O2/c1-11(5-3-7-15-11)8-13-10(14)9-4-2-6-12-9/h9,12H,2-8H2,1H3,(H,13,14)/t9-,11?/m0/s1. The molecule has 4 heteroatoms. The molecule has 0 aliphatic carbocycles. The molecule has 2 aliphatic rings. The van der Waals surface area contributed by atoms with Crippen LogP contribution in [0.25, 0.3) is 0 Å². The first-order chi connectivity index (χ1) is 7.20. The summed E-state index contributed by atoms with van der Waals surface area (Å²) in [6, 6.07) is 0.0232. The second kappa shape index (κ2) is 4.49. The summed E-state index contributed by atoms with van der Waals surface area (Å²) in [6.07, 6.45) is 4.22. The molecule has 15 heavy (non-hydrogen) atoms. The Labute approximate surface area is 90.8 Å². The van der Waals surface area contributed by atoms with Gasteiger partial charge in [0.2, 0.25) is 5.91 Å². The van der Waals surface area contributed by atoms with Crippen molar-refractivity contribution in [2.75, 3.05) is 19.7 Å². The van der Waals surface area contributed by atoms with Crippen LogP contribution >= 0.6 is 0 Å². The molecule has 2 heterocycles. The van der Waals surface area contributed by atoms with Gasteiger partial charge in [0.25, 0.3) is 0 Å². The molecule has 0 aromatic rings. The minimum Gasteiger partial charge on any atom is -0.373 e. The molecule has 2 saturated heterocycles. The van der Waals surface area contributed by atoms with E-state index in [0.717, 1.165) is 38.8 Å². The molecule has 0 radical (unpaired) electrons. The van der Waals surface area contributed by atoms with Crippen molar-refractivity contribution in [3.63, 3.8) is 0 Å². The number of nitrogens with one attached hydrogen (secondary N) is 2. The van der Waals surface area contributed by atoms with Crippen LogP contribution in [0.4, 0.5) is 0 Å². The van der Waals surface area contributed by atoms with E-state index in [4.69, 9.17) is 4.74 Å². The van der Waals surface area contributed by atoms with Crippen molar-refractivity contribution in [2.45, 2.75) is 44.2 Å². The van der Waals surface area contributed by atoms with Crippen LogP contribution in [-0.2, 0) is 9.53 Å². The molecule has 2 rings (SSSR count). The Hall–Kier alpha value is -0.610. The lowest BCUT2D eigenvalue weighted by atomic mass is 10.0. The molecule has 2 N–H and O–H groups in total. The number of carbonyl (C=O) groups is 1. The monoisotopic (exact) mass is 212 g/mol. The Bertz CT molecular complexity index is 231. The van der Waals surface area contributed by atoms with E-state index in [1.165, 1.54) is 0 Å². The lowest BCUT2D eigenvalue weighted by Gasteiger charge is -2.24. The number of ether oxygens (including phenoxy) is 1. The zero-order chi connectivity index (χ0) is 10.7. The van der Waals surface area contributed by atoms with E-state index in [1.54, 1.807) is 0 Å². The third-order valence-corrected chi connectivity index (χ3v) is 3.31. The highest BCUT2D eigenvalue weighted by Gasteiger charge is 2.31. The fourth-order valence-corrected chi connectivity index (χ4v) is 2.28. The van der Waals surface area contributed by atoms with E-state index in [1.807, 2.05) is 0 Å². The maximum atomic E-state index is 11.7. The normalized spacial score (nSPS) is 35.7. The van der Waals surface area contributed by atoms with Gasteiger partial charge in [-0.15, -0.1) is 0 Å². The Kier molecular flexibility index (Phi) is 3.26. The van der Waals surface area contributed by atoms with E-state index < -0.39 is 0 Å². The van der Waals surface area contributed by atoms with Crippen LogP contribution in [0, 0.1) is 0 Å². The van der Waals surface area contributed by atoms with Crippen molar-refractivity contribution in [1.29, 1.82) is 0 Å². The molecule has 2 fully saturated rings. The molecule has 0 saturated carbocycles. The van der Waals surface area contributed by atoms with Gasteiger partial charge in [0.1, 0.15) is 0 Å². The van der Waals surface area contributed by atoms with Gasteiger partial charge in [0.15, 0.2) is 0 Å². The molecular formula is C11H20N2O2. The molecule has 2 aliphatic heterocycles. The van der Waals surface area contributed by atoms with E-state index in [2.05, 4.69) is 17.6 Å². The van der Waals surface area contributed by atoms with Crippen LogP contribution in [0.3, 0.4) is 0 Å². The van der Waals surface area contributed by atoms with Gasteiger partial charge in [-0.05, 0) is 39.2 Å². The number of amides is 1. The highest BCUT2D eigenvalue weighted by molar-refractivity contribution is 5.82. The number of carbonyl (C=O) groups excluding carboxylic acids is 1. The van der Waals surface area contributed by atoms with Gasteiger partial charge in [-0.2, -0.15) is 0 Å². The van der Waals surface area contributed by atoms with Gasteiger partial charge in [0, 0.05) is 13.2 Å². The molecule has 1 amide bonds. The molecule has 0 aromatic carbocycles. The van der Waals surface area contributed by atoms with Crippen molar-refractivity contribution >= 4 is 5.91 Å². The zero-order valence-corrected chi connectivity index (χ0v) is 9.34. The van der Waals surface area contributed by atoms with Gasteiger partial charge < -0.3 is 15.4 Å². The Balaban J connectivity index is 1.74. The Morgan fingerprint density at radius 3 is 3.07 bits per heavy atom. The number of rotatable bonds is 3. The first-order valence-electron chi connectivity index (χ1n) is 5.85. The molecule has 4 nitrogen and oxygen atoms in total. The van der Waals surface area contributed by atoms with Crippen molar-refractivity contribution < 1.29 is 9.53 Å². The summed E-state index contributed by atoms with van der Waals surface area (Å²) in [5, 5.41) is 6.17. The summed E-state index contributed by atoms with van der Waals surface area (Å²) in [7, 11) is 0. The Morgan fingerprint density at radius 2 is 2.47 bits per heavy atom. The smallest absolute Gasteiger partial charge is 0.237 e. The third kappa shape index (κ3) is 2.69. The molecule has 86 valence electrons. The minimum atomic E-state index is -0.131. The van der Waals surface area contributed by atoms with Crippen LogP contribution < -0.4 is 10.6 Å². The SMILES string of the molecule is CC1(CNC(=O)[C@@H]2CCCN2)CCCO1. The first kappa shape index (κ1) is 10.9. The van der Waals surface area contributed by atoms with E-state index in [9.17, 15) is 4.79 Å². The molecule has 2 atom stereocenters. The maximum absolute atomic E-state index is 11.7. The topological polar surface area (TPSA) is 50.4 Å². The van der Waals surface area contributed by atoms with E-state index >= 15 is 0 Å². The predicted octanol–water partition coefficient (Wildman–Crippen LogP) is 0.424. The average molecular weight is 212 g/mol. The second-order valence-electron chi connectivity index (χ2n) is 4.77. The number of hydrogen-bond donors (Lipinski definition) is 2. The van der Waals surface area contributed by atoms with Crippen molar-refractivity contribution in [1.82, 2.24) is 10.6 Å². The second-order valence-corrected chi connectivity index (χ2v) is 4.77. The van der Waals surface area contributed by atoms with Gasteiger partial charge in [-0.3, -0.25) is 4.79 Å². The van der Waals surface area contributed by atoms with E-state index in [-0.39, 0.29) is 17.6 Å². The summed E-state index contributed by atoms with van der Waals surface area (Å²) in [6.45, 7) is 4.51. The number of hydrogen-bond acceptors (Lipinski definition) is 3. The van der Waals surface area contributed by atoms with Crippen molar-refractivity contribution in [3.8, 4) is 0 Å². The average Bonchev–Trinajstić information content (AvgIpc) is 2.85. The van der Waals surface area contributed by atoms with Gasteiger partial charge >= 0.3 is 0 Å². The summed E-state index contributed by atoms with van der Waals surface area (Å²) >= 11 is 0. The maximum Gasteiger partial charge on any atom is 0.237 e.